The van der Waals surface area contributed by atoms with E-state index in [0.29, 0.717) is 11.3 Å². The zero-order chi connectivity index (χ0) is 18.0. The summed E-state index contributed by atoms with van der Waals surface area (Å²) in [5.41, 5.74) is 0.421. The molecule has 25 heavy (non-hydrogen) atoms. The van der Waals surface area contributed by atoms with E-state index in [0.717, 1.165) is 10.5 Å². The zero-order valence-corrected chi connectivity index (χ0v) is 13.9. The van der Waals surface area contributed by atoms with Crippen LogP contribution in [0, 0.1) is 0 Å². The molecule has 2 aromatic rings. The molecule has 128 valence electrons. The van der Waals surface area contributed by atoms with E-state index in [1.54, 1.807) is 55.6 Å². The molecular formula is C18H17N3O4. The maximum absolute atomic E-state index is 12.8. The Morgan fingerprint density at radius 1 is 1.20 bits per heavy atom. The molecule has 1 aromatic heterocycles. The minimum atomic E-state index is -1.19. The maximum atomic E-state index is 12.8. The standard InChI is InChI=1S/C18H17N3O4/c1-18(14-5-3-4-10-19-14)16(23)21(17(24)20-18)11-12-6-8-13(9-7-12)15(22)25-2/h3-10H,11H2,1-2H3,(H,20,24)/t18-/m0/s1. The average molecular weight is 339 g/mol. The highest BCUT2D eigenvalue weighted by Crippen LogP contribution is 2.28. The summed E-state index contributed by atoms with van der Waals surface area (Å²) in [4.78, 5) is 41.9. The maximum Gasteiger partial charge on any atom is 0.337 e. The summed E-state index contributed by atoms with van der Waals surface area (Å²) in [6.45, 7) is 1.74. The van der Waals surface area contributed by atoms with Gasteiger partial charge in [-0.05, 0) is 36.8 Å². The van der Waals surface area contributed by atoms with E-state index < -0.39 is 17.5 Å². The number of nitrogens with one attached hydrogen (secondary N) is 1. The largest absolute Gasteiger partial charge is 0.465 e. The molecule has 0 bridgehead atoms. The third-order valence-corrected chi connectivity index (χ3v) is 4.17. The molecule has 2 heterocycles. The number of imide groups is 1. The van der Waals surface area contributed by atoms with Crippen molar-refractivity contribution in [2.24, 2.45) is 0 Å². The van der Waals surface area contributed by atoms with Crippen molar-refractivity contribution in [3.63, 3.8) is 0 Å². The molecule has 0 radical (unpaired) electrons. The summed E-state index contributed by atoms with van der Waals surface area (Å²) in [5, 5.41) is 2.71. The second kappa shape index (κ2) is 6.35. The Kier molecular flexibility index (Phi) is 4.22. The summed E-state index contributed by atoms with van der Waals surface area (Å²) in [7, 11) is 1.31. The second-order valence-corrected chi connectivity index (χ2v) is 5.85. The van der Waals surface area contributed by atoms with E-state index in [9.17, 15) is 14.4 Å². The summed E-state index contributed by atoms with van der Waals surface area (Å²) in [5.74, 6) is -0.808. The number of nitrogens with zero attached hydrogens (tertiary/aromatic N) is 2. The van der Waals surface area contributed by atoms with E-state index in [2.05, 4.69) is 15.0 Å². The molecule has 1 aliphatic rings. The quantitative estimate of drug-likeness (QED) is 0.678. The fourth-order valence-electron chi connectivity index (χ4n) is 2.72. The fraction of sp³-hybridized carbons (Fsp3) is 0.222. The van der Waals surface area contributed by atoms with Crippen LogP contribution in [0.4, 0.5) is 4.79 Å². The smallest absolute Gasteiger partial charge is 0.337 e. The average Bonchev–Trinajstić information content (AvgIpc) is 2.86. The van der Waals surface area contributed by atoms with Crippen molar-refractivity contribution in [3.8, 4) is 0 Å². The van der Waals surface area contributed by atoms with E-state index in [4.69, 9.17) is 0 Å². The molecule has 1 N–H and O–H groups in total. The lowest BCUT2D eigenvalue weighted by Gasteiger charge is -2.21. The molecular weight excluding hydrogens is 322 g/mol. The summed E-state index contributed by atoms with van der Waals surface area (Å²) < 4.78 is 4.65. The van der Waals surface area contributed by atoms with Gasteiger partial charge in [-0.15, -0.1) is 0 Å². The van der Waals surface area contributed by atoms with Crippen molar-refractivity contribution in [1.29, 1.82) is 0 Å². The van der Waals surface area contributed by atoms with Gasteiger partial charge in [-0.1, -0.05) is 18.2 Å². The van der Waals surface area contributed by atoms with E-state index >= 15 is 0 Å². The Morgan fingerprint density at radius 2 is 1.92 bits per heavy atom. The number of esters is 1. The number of hydrogen-bond donors (Lipinski definition) is 1. The highest BCUT2D eigenvalue weighted by atomic mass is 16.5. The number of methoxy groups -OCH3 is 1. The van der Waals surface area contributed by atoms with Crippen LogP contribution in [0.5, 0.6) is 0 Å². The van der Waals surface area contributed by atoms with Crippen molar-refractivity contribution < 1.29 is 19.1 Å². The first-order chi connectivity index (χ1) is 12.0. The van der Waals surface area contributed by atoms with Gasteiger partial charge in [0, 0.05) is 6.20 Å². The first-order valence-corrected chi connectivity index (χ1v) is 7.68. The first-order valence-electron chi connectivity index (χ1n) is 7.68. The van der Waals surface area contributed by atoms with Gasteiger partial charge in [-0.25, -0.2) is 9.59 Å². The van der Waals surface area contributed by atoms with Crippen LogP contribution < -0.4 is 5.32 Å². The predicted octanol–water partition coefficient (Wildman–Crippen LogP) is 1.84. The normalized spacial score (nSPS) is 19.7. The van der Waals surface area contributed by atoms with Crippen LogP contribution in [0.1, 0.15) is 28.5 Å². The molecule has 1 aromatic carbocycles. The molecule has 0 unspecified atom stereocenters. The number of benzene rings is 1. The van der Waals surface area contributed by atoms with E-state index in [-0.39, 0.29) is 12.5 Å². The molecule has 1 fully saturated rings. The van der Waals surface area contributed by atoms with Gasteiger partial charge in [-0.2, -0.15) is 0 Å². The van der Waals surface area contributed by atoms with Crippen molar-refractivity contribution >= 4 is 17.9 Å². The number of carbonyl (C=O) groups excluding carboxylic acids is 3. The van der Waals surface area contributed by atoms with E-state index in [1.165, 1.54) is 7.11 Å². The Hall–Kier alpha value is -3.22. The number of pyridine rings is 1. The van der Waals surface area contributed by atoms with Gasteiger partial charge in [-0.3, -0.25) is 14.7 Å². The first kappa shape index (κ1) is 16.6. The third kappa shape index (κ3) is 2.96. The minimum Gasteiger partial charge on any atom is -0.465 e. The van der Waals surface area contributed by atoms with Gasteiger partial charge >= 0.3 is 12.0 Å². The molecule has 0 spiro atoms. The van der Waals surface area contributed by atoms with Gasteiger partial charge in [0.2, 0.25) is 0 Å². The van der Waals surface area contributed by atoms with Crippen LogP contribution in [0.15, 0.2) is 48.7 Å². The van der Waals surface area contributed by atoms with Crippen LogP contribution in [0.2, 0.25) is 0 Å². The van der Waals surface area contributed by atoms with Crippen LogP contribution >= 0.6 is 0 Å². The van der Waals surface area contributed by atoms with Gasteiger partial charge in [0.05, 0.1) is 24.9 Å². The summed E-state index contributed by atoms with van der Waals surface area (Å²) in [6, 6.07) is 11.3. The monoisotopic (exact) mass is 339 g/mol. The lowest BCUT2D eigenvalue weighted by Crippen LogP contribution is -2.41. The van der Waals surface area contributed by atoms with Crippen molar-refractivity contribution in [1.82, 2.24) is 15.2 Å². The number of ether oxygens (including phenoxy) is 1. The molecule has 1 saturated heterocycles. The van der Waals surface area contributed by atoms with Crippen molar-refractivity contribution in [3.05, 3.63) is 65.5 Å². The third-order valence-electron chi connectivity index (χ3n) is 4.17. The fourth-order valence-corrected chi connectivity index (χ4v) is 2.72. The molecule has 3 amide bonds. The summed E-state index contributed by atoms with van der Waals surface area (Å²) in [6.07, 6.45) is 1.58. The highest BCUT2D eigenvalue weighted by molar-refractivity contribution is 6.06. The minimum absolute atomic E-state index is 0.106. The number of urea groups is 1. The highest BCUT2D eigenvalue weighted by Gasteiger charge is 2.49. The SMILES string of the molecule is COC(=O)c1ccc(CN2C(=O)N[C@@](C)(c3ccccn3)C2=O)cc1. The van der Waals surface area contributed by atoms with Crippen LogP contribution in [0.25, 0.3) is 0 Å². The predicted molar refractivity (Wildman–Crippen MR) is 88.5 cm³/mol. The van der Waals surface area contributed by atoms with Gasteiger partial charge in [0.25, 0.3) is 5.91 Å². The van der Waals surface area contributed by atoms with Gasteiger partial charge in [0.1, 0.15) is 0 Å². The van der Waals surface area contributed by atoms with Crippen molar-refractivity contribution in [2.75, 3.05) is 7.11 Å². The second-order valence-electron chi connectivity index (χ2n) is 5.85. The molecule has 0 saturated carbocycles. The summed E-state index contributed by atoms with van der Waals surface area (Å²) >= 11 is 0. The Morgan fingerprint density at radius 3 is 2.52 bits per heavy atom. The molecule has 0 aliphatic carbocycles. The number of hydrogen-bond acceptors (Lipinski definition) is 5. The Balaban J connectivity index is 1.81. The molecule has 3 rings (SSSR count). The van der Waals surface area contributed by atoms with Gasteiger partial charge < -0.3 is 10.1 Å². The van der Waals surface area contributed by atoms with Gasteiger partial charge in [0.15, 0.2) is 5.54 Å². The number of carbonyl (C=O) groups is 3. The molecule has 1 atom stereocenters. The van der Waals surface area contributed by atoms with Crippen molar-refractivity contribution in [2.45, 2.75) is 19.0 Å². The number of amides is 3. The van der Waals surface area contributed by atoms with Crippen LogP contribution in [-0.4, -0.2) is 34.9 Å². The molecule has 7 nitrogen and oxygen atoms in total. The lowest BCUT2D eigenvalue weighted by atomic mass is 9.97. The van der Waals surface area contributed by atoms with Crippen LogP contribution in [0.3, 0.4) is 0 Å². The topological polar surface area (TPSA) is 88.6 Å². The van der Waals surface area contributed by atoms with E-state index in [1.807, 2.05) is 0 Å². The zero-order valence-electron chi connectivity index (χ0n) is 13.9. The lowest BCUT2D eigenvalue weighted by molar-refractivity contribution is -0.131. The number of rotatable bonds is 4. The molecule has 7 heteroatoms. The Labute approximate surface area is 144 Å². The number of aromatic nitrogens is 1. The van der Waals surface area contributed by atoms with Crippen LogP contribution in [-0.2, 0) is 21.6 Å². The molecule has 1 aliphatic heterocycles. The Bertz CT molecular complexity index is 820.